The highest BCUT2D eigenvalue weighted by molar-refractivity contribution is 7.17. The highest BCUT2D eigenvalue weighted by Gasteiger charge is 2.30. The lowest BCUT2D eigenvalue weighted by Crippen LogP contribution is -2.41. The van der Waals surface area contributed by atoms with Crippen molar-refractivity contribution in [3.8, 4) is 0 Å². The van der Waals surface area contributed by atoms with Gasteiger partial charge < -0.3 is 26.0 Å². The van der Waals surface area contributed by atoms with E-state index in [0.717, 1.165) is 78.5 Å². The number of hydrogen-bond donors (Lipinski definition) is 5. The number of nitrogens with zero attached hydrogens (tertiary/aromatic N) is 2. The second kappa shape index (κ2) is 17.6. The molecule has 0 unspecified atom stereocenters. The number of carboxylic acids is 3. The van der Waals surface area contributed by atoms with Gasteiger partial charge in [0.1, 0.15) is 5.00 Å². The van der Waals surface area contributed by atoms with Gasteiger partial charge in [-0.05, 0) is 110 Å². The van der Waals surface area contributed by atoms with Gasteiger partial charge in [-0.3, -0.25) is 29.0 Å². The molecule has 4 aromatic rings. The average molecular weight is 753 g/mol. The summed E-state index contributed by atoms with van der Waals surface area (Å²) in [6.07, 6.45) is 7.12. The van der Waals surface area contributed by atoms with Crippen LogP contribution in [0.2, 0.25) is 0 Å². The maximum atomic E-state index is 13.9. The van der Waals surface area contributed by atoms with E-state index < -0.39 is 17.9 Å². The number of aliphatic carboxylic acids is 2. The fourth-order valence-electron chi connectivity index (χ4n) is 6.86. The Kier molecular flexibility index (Phi) is 12.5. The summed E-state index contributed by atoms with van der Waals surface area (Å²) in [4.78, 5) is 66.0. The molecule has 0 spiro atoms. The maximum absolute atomic E-state index is 13.9. The third kappa shape index (κ3) is 10.4. The molecule has 282 valence electrons. The van der Waals surface area contributed by atoms with Gasteiger partial charge in [0.2, 0.25) is 0 Å². The number of benzene rings is 3. The Morgan fingerprint density at radius 1 is 0.704 bits per heavy atom. The summed E-state index contributed by atoms with van der Waals surface area (Å²) in [6.45, 7) is 0.608. The van der Waals surface area contributed by atoms with Crippen LogP contribution in [0.25, 0.3) is 0 Å². The van der Waals surface area contributed by atoms with Gasteiger partial charge in [0.05, 0.1) is 24.2 Å². The van der Waals surface area contributed by atoms with Crippen molar-refractivity contribution in [2.75, 3.05) is 36.8 Å². The van der Waals surface area contributed by atoms with Gasteiger partial charge in [-0.15, -0.1) is 11.3 Å². The number of fused-ring (bicyclic) bond motifs is 1. The molecular formula is C41H44N4O8S. The summed E-state index contributed by atoms with van der Waals surface area (Å²) in [5.74, 6) is -3.70. The third-order valence-electron chi connectivity index (χ3n) is 9.80. The summed E-state index contributed by atoms with van der Waals surface area (Å²) in [5.41, 5.74) is 5.86. The Bertz CT molecular complexity index is 1990. The van der Waals surface area contributed by atoms with Crippen LogP contribution in [0.3, 0.4) is 0 Å². The summed E-state index contributed by atoms with van der Waals surface area (Å²) < 4.78 is 0. The molecule has 2 aliphatic rings. The van der Waals surface area contributed by atoms with Crippen LogP contribution in [0.5, 0.6) is 0 Å². The molecule has 2 amide bonds. The summed E-state index contributed by atoms with van der Waals surface area (Å²) in [5, 5.41) is 34.2. The standard InChI is InChI=1S/C41H44N4O8S/c46-35(47)24-44(25-36(48)49)20-21-45(32-18-19-32)23-28-4-3-5-30(22-28)38(50)43-40-37(33-6-1-2-7-34(33)54-40)39(51)42-31-16-12-27(13-17-31)9-8-26-10-14-29(15-11-26)41(52)53/h3-5,10-17,22,32H,1-2,6-9,18-21,23-25H2,(H,42,51)(H,43,50)(H,46,47)(H,48,49)(H,52,53). The number of amides is 2. The van der Waals surface area contributed by atoms with Gasteiger partial charge in [-0.2, -0.15) is 0 Å². The predicted molar refractivity (Wildman–Crippen MR) is 206 cm³/mol. The highest BCUT2D eigenvalue weighted by Crippen LogP contribution is 2.39. The van der Waals surface area contributed by atoms with Crippen LogP contribution in [0.1, 0.15) is 83.9 Å². The van der Waals surface area contributed by atoms with Crippen LogP contribution in [0.4, 0.5) is 10.7 Å². The normalized spacial score (nSPS) is 13.7. The van der Waals surface area contributed by atoms with Crippen LogP contribution in [0, 0.1) is 0 Å². The van der Waals surface area contributed by atoms with E-state index in [1.165, 1.54) is 16.2 Å². The molecule has 13 heteroatoms. The van der Waals surface area contributed by atoms with Gasteiger partial charge in [-0.25, -0.2) is 4.79 Å². The Labute approximate surface area is 317 Å². The number of anilines is 2. The predicted octanol–water partition coefficient (Wildman–Crippen LogP) is 6.05. The van der Waals surface area contributed by atoms with Crippen molar-refractivity contribution < 1.29 is 39.3 Å². The quantitative estimate of drug-likeness (QED) is 0.0805. The first-order valence-electron chi connectivity index (χ1n) is 18.2. The first-order valence-corrected chi connectivity index (χ1v) is 19.0. The number of carbonyl (C=O) groups is 5. The molecule has 2 aliphatic carbocycles. The number of aryl methyl sites for hydroxylation is 3. The lowest BCUT2D eigenvalue weighted by Gasteiger charge is -2.26. The van der Waals surface area contributed by atoms with E-state index in [4.69, 9.17) is 5.11 Å². The molecule has 0 radical (unpaired) electrons. The van der Waals surface area contributed by atoms with Crippen molar-refractivity contribution in [2.45, 2.75) is 64.0 Å². The van der Waals surface area contributed by atoms with Crippen LogP contribution >= 0.6 is 11.3 Å². The number of aromatic carboxylic acids is 1. The van der Waals surface area contributed by atoms with E-state index >= 15 is 0 Å². The van der Waals surface area contributed by atoms with Crippen molar-refractivity contribution >= 4 is 51.7 Å². The summed E-state index contributed by atoms with van der Waals surface area (Å²) >= 11 is 1.46. The van der Waals surface area contributed by atoms with E-state index in [1.807, 2.05) is 54.6 Å². The van der Waals surface area contributed by atoms with Crippen LogP contribution < -0.4 is 10.6 Å². The zero-order valence-corrected chi connectivity index (χ0v) is 30.7. The molecule has 0 saturated heterocycles. The number of hydrogen-bond acceptors (Lipinski definition) is 8. The average Bonchev–Trinajstić information content (AvgIpc) is 3.93. The fraction of sp³-hybridized carbons (Fsp3) is 0.341. The van der Waals surface area contributed by atoms with E-state index in [1.54, 1.807) is 18.2 Å². The van der Waals surface area contributed by atoms with E-state index in [2.05, 4.69) is 15.5 Å². The monoisotopic (exact) mass is 752 g/mol. The van der Waals surface area contributed by atoms with Crippen molar-refractivity contribution in [2.24, 2.45) is 0 Å². The molecule has 6 rings (SSSR count). The molecule has 12 nitrogen and oxygen atoms in total. The number of rotatable bonds is 18. The third-order valence-corrected chi connectivity index (χ3v) is 11.0. The van der Waals surface area contributed by atoms with Gasteiger partial charge >= 0.3 is 17.9 Å². The molecular weight excluding hydrogens is 709 g/mol. The first-order chi connectivity index (χ1) is 26.0. The molecule has 1 heterocycles. The Morgan fingerprint density at radius 3 is 1.98 bits per heavy atom. The van der Waals surface area contributed by atoms with Crippen molar-refractivity contribution in [1.82, 2.24) is 9.80 Å². The first kappa shape index (κ1) is 38.4. The molecule has 54 heavy (non-hydrogen) atoms. The van der Waals surface area contributed by atoms with E-state index in [9.17, 15) is 34.2 Å². The highest BCUT2D eigenvalue weighted by atomic mass is 32.1. The molecule has 0 atom stereocenters. The number of carbonyl (C=O) groups excluding carboxylic acids is 2. The maximum Gasteiger partial charge on any atom is 0.335 e. The molecule has 1 fully saturated rings. The zero-order valence-electron chi connectivity index (χ0n) is 29.9. The van der Waals surface area contributed by atoms with Gasteiger partial charge in [0.25, 0.3) is 11.8 Å². The second-order valence-electron chi connectivity index (χ2n) is 13.9. The van der Waals surface area contributed by atoms with Crippen LogP contribution in [0.15, 0.2) is 72.8 Å². The largest absolute Gasteiger partial charge is 0.480 e. The number of thiophene rings is 1. The Hall–Kier alpha value is -5.37. The van der Waals surface area contributed by atoms with E-state index in [0.29, 0.717) is 47.5 Å². The van der Waals surface area contributed by atoms with Crippen molar-refractivity contribution in [3.05, 3.63) is 117 Å². The number of nitrogens with one attached hydrogen (secondary N) is 2. The Balaban J connectivity index is 1.10. The smallest absolute Gasteiger partial charge is 0.335 e. The SMILES string of the molecule is O=C(O)CN(CCN(Cc1cccc(C(=O)Nc2sc3c(c2C(=O)Nc2ccc(CCc4ccc(C(=O)O)cc4)cc2)CCCC3)c1)C1CC1)CC(=O)O. The minimum Gasteiger partial charge on any atom is -0.480 e. The summed E-state index contributed by atoms with van der Waals surface area (Å²) in [6, 6.07) is 22.2. The lowest BCUT2D eigenvalue weighted by atomic mass is 9.95. The molecule has 0 aliphatic heterocycles. The molecule has 0 bridgehead atoms. The fourth-order valence-corrected chi connectivity index (χ4v) is 8.14. The minimum absolute atomic E-state index is 0.257. The van der Waals surface area contributed by atoms with Crippen molar-refractivity contribution in [3.63, 3.8) is 0 Å². The zero-order chi connectivity index (χ0) is 38.2. The molecule has 1 saturated carbocycles. The Morgan fingerprint density at radius 2 is 1.35 bits per heavy atom. The van der Waals surface area contributed by atoms with Gasteiger partial charge in [0, 0.05) is 41.8 Å². The molecule has 1 aromatic heterocycles. The van der Waals surface area contributed by atoms with Gasteiger partial charge in [0.15, 0.2) is 0 Å². The number of carboxylic acid groups (broad SMARTS) is 3. The van der Waals surface area contributed by atoms with Crippen LogP contribution in [-0.4, -0.2) is 87.1 Å². The minimum atomic E-state index is -1.08. The lowest BCUT2D eigenvalue weighted by molar-refractivity contribution is -0.141. The molecule has 3 aromatic carbocycles. The molecule has 5 N–H and O–H groups in total. The van der Waals surface area contributed by atoms with Gasteiger partial charge in [-0.1, -0.05) is 36.4 Å². The topological polar surface area (TPSA) is 177 Å². The van der Waals surface area contributed by atoms with E-state index in [-0.39, 0.29) is 30.5 Å². The van der Waals surface area contributed by atoms with Crippen molar-refractivity contribution in [1.29, 1.82) is 0 Å². The van der Waals surface area contributed by atoms with Crippen LogP contribution in [-0.2, 0) is 41.8 Å². The summed E-state index contributed by atoms with van der Waals surface area (Å²) in [7, 11) is 0. The second-order valence-corrected chi connectivity index (χ2v) is 15.0.